The van der Waals surface area contributed by atoms with Gasteiger partial charge in [0.2, 0.25) is 0 Å². The van der Waals surface area contributed by atoms with Crippen molar-refractivity contribution in [3.05, 3.63) is 71.4 Å². The number of rotatable bonds is 4. The van der Waals surface area contributed by atoms with E-state index in [0.717, 1.165) is 17.0 Å². The molecule has 5 heteroatoms. The molecule has 23 heavy (non-hydrogen) atoms. The number of hydrogen-bond acceptors (Lipinski definition) is 2. The van der Waals surface area contributed by atoms with Crippen molar-refractivity contribution in [2.75, 3.05) is 6.61 Å². The first kappa shape index (κ1) is 15.2. The molecule has 3 rings (SSSR count). The van der Waals surface area contributed by atoms with Crippen LogP contribution in [0.5, 0.6) is 0 Å². The van der Waals surface area contributed by atoms with E-state index in [1.54, 1.807) is 17.6 Å². The van der Waals surface area contributed by atoms with Gasteiger partial charge in [-0.25, -0.2) is 13.6 Å². The van der Waals surface area contributed by atoms with Crippen molar-refractivity contribution < 1.29 is 18.3 Å². The van der Waals surface area contributed by atoms with E-state index < -0.39 is 17.6 Å². The second-order valence-corrected chi connectivity index (χ2v) is 5.17. The smallest absolute Gasteiger partial charge is 0.354 e. The van der Waals surface area contributed by atoms with Gasteiger partial charge < -0.3 is 9.30 Å². The third-order valence-corrected chi connectivity index (χ3v) is 3.56. The van der Waals surface area contributed by atoms with Crippen molar-refractivity contribution in [3.8, 4) is 0 Å². The van der Waals surface area contributed by atoms with Crippen LogP contribution in [0.15, 0.2) is 48.5 Å². The van der Waals surface area contributed by atoms with Crippen LogP contribution < -0.4 is 0 Å². The zero-order valence-corrected chi connectivity index (χ0v) is 12.6. The number of ether oxygens (including phenoxy) is 1. The summed E-state index contributed by atoms with van der Waals surface area (Å²) in [5.41, 5.74) is 1.60. The van der Waals surface area contributed by atoms with Crippen LogP contribution >= 0.6 is 0 Å². The van der Waals surface area contributed by atoms with Crippen LogP contribution in [-0.2, 0) is 11.3 Å². The zero-order valence-electron chi connectivity index (χ0n) is 12.6. The quantitative estimate of drug-likeness (QED) is 0.677. The first-order valence-corrected chi connectivity index (χ1v) is 7.29. The van der Waals surface area contributed by atoms with Crippen molar-refractivity contribution in [3.63, 3.8) is 0 Å². The van der Waals surface area contributed by atoms with Crippen molar-refractivity contribution in [1.29, 1.82) is 0 Å². The van der Waals surface area contributed by atoms with Crippen LogP contribution in [-0.4, -0.2) is 17.1 Å². The monoisotopic (exact) mass is 315 g/mol. The highest BCUT2D eigenvalue weighted by Crippen LogP contribution is 2.22. The molecule has 0 N–H and O–H groups in total. The number of fused-ring (bicyclic) bond motifs is 1. The standard InChI is InChI=1S/C18H15F2NO2/c1-2-23-18(22)17-9-13-5-3-4-6-16(13)21(17)11-12-7-14(19)10-15(20)8-12/h3-10H,2,11H2,1H3. The normalized spacial score (nSPS) is 10.9. The van der Waals surface area contributed by atoms with E-state index in [0.29, 0.717) is 11.3 Å². The number of carbonyl (C=O) groups excluding carboxylic acids is 1. The molecule has 3 aromatic rings. The van der Waals surface area contributed by atoms with Gasteiger partial charge >= 0.3 is 5.97 Å². The van der Waals surface area contributed by atoms with E-state index in [1.165, 1.54) is 12.1 Å². The molecule has 0 aliphatic heterocycles. The van der Waals surface area contributed by atoms with E-state index >= 15 is 0 Å². The molecular weight excluding hydrogens is 300 g/mol. The minimum atomic E-state index is -0.644. The lowest BCUT2D eigenvalue weighted by Gasteiger charge is -2.10. The molecule has 0 saturated heterocycles. The first-order valence-electron chi connectivity index (χ1n) is 7.29. The maximum atomic E-state index is 13.4. The summed E-state index contributed by atoms with van der Waals surface area (Å²) in [6.07, 6.45) is 0. The van der Waals surface area contributed by atoms with Gasteiger partial charge in [0.1, 0.15) is 17.3 Å². The Kier molecular flexibility index (Phi) is 4.10. The highest BCUT2D eigenvalue weighted by atomic mass is 19.1. The number of aromatic nitrogens is 1. The highest BCUT2D eigenvalue weighted by Gasteiger charge is 2.17. The fourth-order valence-electron chi connectivity index (χ4n) is 2.64. The molecule has 0 saturated carbocycles. The fraction of sp³-hybridized carbons (Fsp3) is 0.167. The van der Waals surface area contributed by atoms with Gasteiger partial charge in [-0.1, -0.05) is 18.2 Å². The molecule has 0 aliphatic carbocycles. The molecule has 3 nitrogen and oxygen atoms in total. The summed E-state index contributed by atoms with van der Waals surface area (Å²) in [6, 6.07) is 12.5. The maximum Gasteiger partial charge on any atom is 0.354 e. The number of para-hydroxylation sites is 1. The summed E-state index contributed by atoms with van der Waals surface area (Å²) < 4.78 is 33.6. The summed E-state index contributed by atoms with van der Waals surface area (Å²) in [6.45, 7) is 2.16. The van der Waals surface area contributed by atoms with E-state index in [-0.39, 0.29) is 13.2 Å². The van der Waals surface area contributed by atoms with E-state index in [2.05, 4.69) is 0 Å². The second kappa shape index (κ2) is 6.20. The Morgan fingerprint density at radius 2 is 1.78 bits per heavy atom. The van der Waals surface area contributed by atoms with Gasteiger partial charge in [-0.05, 0) is 36.8 Å². The van der Waals surface area contributed by atoms with Crippen molar-refractivity contribution in [2.45, 2.75) is 13.5 Å². The predicted molar refractivity (Wildman–Crippen MR) is 83.4 cm³/mol. The molecular formula is C18H15F2NO2. The van der Waals surface area contributed by atoms with Crippen LogP contribution in [0.25, 0.3) is 10.9 Å². The van der Waals surface area contributed by atoms with Gasteiger partial charge in [-0.15, -0.1) is 0 Å². The number of hydrogen-bond donors (Lipinski definition) is 0. The highest BCUT2D eigenvalue weighted by molar-refractivity contribution is 5.95. The Morgan fingerprint density at radius 1 is 1.09 bits per heavy atom. The first-order chi connectivity index (χ1) is 11.1. The van der Waals surface area contributed by atoms with Crippen molar-refractivity contribution in [1.82, 2.24) is 4.57 Å². The van der Waals surface area contributed by atoms with E-state index in [4.69, 9.17) is 4.74 Å². The summed E-state index contributed by atoms with van der Waals surface area (Å²) in [4.78, 5) is 12.2. The lowest BCUT2D eigenvalue weighted by Crippen LogP contribution is -2.13. The van der Waals surface area contributed by atoms with Gasteiger partial charge in [0.05, 0.1) is 6.61 Å². The molecule has 0 bridgehead atoms. The van der Waals surface area contributed by atoms with Gasteiger partial charge in [0, 0.05) is 23.5 Å². The molecule has 0 fully saturated rings. The van der Waals surface area contributed by atoms with Gasteiger partial charge in [0.25, 0.3) is 0 Å². The largest absolute Gasteiger partial charge is 0.461 e. The SMILES string of the molecule is CCOC(=O)c1cc2ccccc2n1Cc1cc(F)cc(F)c1. The molecule has 1 heterocycles. The average Bonchev–Trinajstić information content (AvgIpc) is 2.85. The number of benzene rings is 2. The Hall–Kier alpha value is -2.69. The Labute approximate surface area is 132 Å². The van der Waals surface area contributed by atoms with Gasteiger partial charge in [-0.2, -0.15) is 0 Å². The molecule has 0 unspecified atom stereocenters. The van der Waals surface area contributed by atoms with E-state index in [9.17, 15) is 13.6 Å². The maximum absolute atomic E-state index is 13.4. The Balaban J connectivity index is 2.10. The third kappa shape index (κ3) is 3.08. The molecule has 0 amide bonds. The fourth-order valence-corrected chi connectivity index (χ4v) is 2.64. The summed E-state index contributed by atoms with van der Waals surface area (Å²) in [5, 5.41) is 0.868. The third-order valence-electron chi connectivity index (χ3n) is 3.56. The summed E-state index contributed by atoms with van der Waals surface area (Å²) >= 11 is 0. The zero-order chi connectivity index (χ0) is 16.4. The van der Waals surface area contributed by atoms with Crippen LogP contribution in [0, 0.1) is 11.6 Å². The summed E-state index contributed by atoms with van der Waals surface area (Å²) in [7, 11) is 0. The summed E-state index contributed by atoms with van der Waals surface area (Å²) in [5.74, 6) is -1.75. The van der Waals surface area contributed by atoms with Crippen LogP contribution in [0.4, 0.5) is 8.78 Å². The van der Waals surface area contributed by atoms with Crippen LogP contribution in [0.3, 0.4) is 0 Å². The lowest BCUT2D eigenvalue weighted by molar-refractivity contribution is 0.0515. The second-order valence-electron chi connectivity index (χ2n) is 5.17. The van der Waals surface area contributed by atoms with Crippen molar-refractivity contribution >= 4 is 16.9 Å². The van der Waals surface area contributed by atoms with Crippen molar-refractivity contribution in [2.24, 2.45) is 0 Å². The van der Waals surface area contributed by atoms with Gasteiger partial charge in [-0.3, -0.25) is 0 Å². The lowest BCUT2D eigenvalue weighted by atomic mass is 10.2. The molecule has 0 radical (unpaired) electrons. The predicted octanol–water partition coefficient (Wildman–Crippen LogP) is 4.14. The number of halogens is 2. The molecule has 2 aromatic carbocycles. The number of carbonyl (C=O) groups is 1. The molecule has 1 aromatic heterocycles. The Bertz CT molecular complexity index is 850. The minimum absolute atomic E-state index is 0.177. The van der Waals surface area contributed by atoms with Crippen LogP contribution in [0.1, 0.15) is 23.0 Å². The average molecular weight is 315 g/mol. The van der Waals surface area contributed by atoms with Gasteiger partial charge in [0.15, 0.2) is 0 Å². The Morgan fingerprint density at radius 3 is 2.48 bits per heavy atom. The molecule has 118 valence electrons. The number of esters is 1. The molecule has 0 aliphatic rings. The minimum Gasteiger partial charge on any atom is -0.461 e. The van der Waals surface area contributed by atoms with E-state index in [1.807, 2.05) is 24.3 Å². The number of nitrogens with zero attached hydrogens (tertiary/aromatic N) is 1. The van der Waals surface area contributed by atoms with Crippen LogP contribution in [0.2, 0.25) is 0 Å². The molecule has 0 atom stereocenters. The molecule has 0 spiro atoms. The topological polar surface area (TPSA) is 31.2 Å².